The topological polar surface area (TPSA) is 113 Å². The molecule has 1 spiro atoms. The zero-order valence-electron chi connectivity index (χ0n) is 24.0. The maximum Gasteiger partial charge on any atom is 0.263 e. The van der Waals surface area contributed by atoms with Crippen molar-refractivity contribution in [3.05, 3.63) is 87.3 Å². The van der Waals surface area contributed by atoms with E-state index < -0.39 is 11.4 Å². The van der Waals surface area contributed by atoms with Gasteiger partial charge in [0.05, 0.1) is 11.7 Å². The van der Waals surface area contributed by atoms with E-state index in [1.165, 1.54) is 16.7 Å². The van der Waals surface area contributed by atoms with Gasteiger partial charge in [0.15, 0.2) is 5.65 Å². The summed E-state index contributed by atoms with van der Waals surface area (Å²) in [6, 6.07) is 19.0. The first-order valence-electron chi connectivity index (χ1n) is 14.8. The number of fused-ring (bicyclic) bond motifs is 2. The number of benzene rings is 2. The molecule has 2 atom stereocenters. The number of anilines is 1. The highest BCUT2D eigenvalue weighted by atomic mass is 32.2. The third-order valence-electron chi connectivity index (χ3n) is 9.78. The molecule has 7 rings (SSSR count). The Hall–Kier alpha value is -3.14. The summed E-state index contributed by atoms with van der Waals surface area (Å²) < 4.78 is 16.4. The lowest BCUT2D eigenvalue weighted by atomic mass is 9.62. The lowest BCUT2D eigenvalue weighted by Gasteiger charge is -2.44. The van der Waals surface area contributed by atoms with E-state index in [0.29, 0.717) is 17.0 Å². The minimum absolute atomic E-state index is 0.0287. The van der Waals surface area contributed by atoms with Crippen LogP contribution in [0.25, 0.3) is 11.0 Å². The van der Waals surface area contributed by atoms with Crippen molar-refractivity contribution in [1.82, 2.24) is 24.9 Å². The predicted octanol–water partition coefficient (Wildman–Crippen LogP) is 5.05. The fourth-order valence-corrected chi connectivity index (χ4v) is 8.22. The normalized spacial score (nSPS) is 22.0. The van der Waals surface area contributed by atoms with Gasteiger partial charge in [0.1, 0.15) is 10.1 Å². The number of nitrogens with one attached hydrogen (secondary N) is 3. The van der Waals surface area contributed by atoms with E-state index in [9.17, 15) is 9.35 Å². The van der Waals surface area contributed by atoms with Gasteiger partial charge in [0.2, 0.25) is 5.95 Å². The fraction of sp³-hybridized carbons (Fsp3) is 0.469. The highest BCUT2D eigenvalue weighted by Crippen LogP contribution is 2.53. The second-order valence-electron chi connectivity index (χ2n) is 13.1. The van der Waals surface area contributed by atoms with E-state index in [-0.39, 0.29) is 27.2 Å². The molecular weight excluding hydrogens is 532 g/mol. The van der Waals surface area contributed by atoms with Crippen molar-refractivity contribution >= 4 is 28.3 Å². The van der Waals surface area contributed by atoms with Gasteiger partial charge in [0, 0.05) is 35.3 Å². The Morgan fingerprint density at radius 3 is 2.41 bits per heavy atom. The molecule has 0 bridgehead atoms. The minimum atomic E-state index is -1.18. The molecule has 2 fully saturated rings. The minimum Gasteiger partial charge on any atom is -0.598 e. The van der Waals surface area contributed by atoms with Gasteiger partial charge in [-0.25, -0.2) is 0 Å². The van der Waals surface area contributed by atoms with Crippen LogP contribution in [0, 0.1) is 5.41 Å². The van der Waals surface area contributed by atoms with Gasteiger partial charge in [-0.1, -0.05) is 61.0 Å². The lowest BCUT2D eigenvalue weighted by molar-refractivity contribution is 0.175. The Bertz CT molecular complexity index is 1630. The van der Waals surface area contributed by atoms with Gasteiger partial charge in [-0.05, 0) is 69.6 Å². The number of hydrogen-bond donors (Lipinski definition) is 3. The lowest BCUT2D eigenvalue weighted by Crippen LogP contribution is -2.50. The second kappa shape index (κ2) is 9.71. The third-order valence-corrected chi connectivity index (χ3v) is 11.3. The summed E-state index contributed by atoms with van der Waals surface area (Å²) in [5.41, 5.74) is 4.80. The molecule has 0 radical (unpaired) electrons. The molecule has 1 aliphatic heterocycles. The Labute approximate surface area is 243 Å². The van der Waals surface area contributed by atoms with Crippen LogP contribution >= 0.6 is 0 Å². The average Bonchev–Trinajstić information content (AvgIpc) is 3.49. The molecule has 1 unspecified atom stereocenters. The van der Waals surface area contributed by atoms with Crippen molar-refractivity contribution in [3.8, 4) is 0 Å². The number of aromatic amines is 2. The molecule has 2 aliphatic carbocycles. The Balaban J connectivity index is 1.16. The van der Waals surface area contributed by atoms with Crippen LogP contribution in [0.3, 0.4) is 0 Å². The number of piperidine rings is 1. The summed E-state index contributed by atoms with van der Waals surface area (Å²) in [7, 11) is 0. The fourth-order valence-electron chi connectivity index (χ4n) is 7.28. The largest absolute Gasteiger partial charge is 0.598 e. The van der Waals surface area contributed by atoms with Crippen molar-refractivity contribution in [2.45, 2.75) is 75.5 Å². The quantitative estimate of drug-likeness (QED) is 0.290. The van der Waals surface area contributed by atoms with Gasteiger partial charge >= 0.3 is 0 Å². The van der Waals surface area contributed by atoms with Crippen molar-refractivity contribution in [1.29, 1.82) is 0 Å². The molecule has 1 saturated carbocycles. The van der Waals surface area contributed by atoms with E-state index in [4.69, 9.17) is 4.98 Å². The van der Waals surface area contributed by atoms with Gasteiger partial charge in [-0.3, -0.25) is 14.9 Å². The number of aromatic nitrogens is 4. The molecule has 0 amide bonds. The van der Waals surface area contributed by atoms with Crippen LogP contribution in [0.15, 0.2) is 59.4 Å². The summed E-state index contributed by atoms with van der Waals surface area (Å²) in [6.07, 6.45) is 5.88. The first-order valence-corrected chi connectivity index (χ1v) is 15.9. The SMILES string of the molecule is CC(C)(C)[S+]([O-])N[C@@H]1c2ccccc2CC12CCN(c1nc3n[nH]c(C4(c5ccccc5)CCC4)c3c(=O)[nH]1)CC2. The zero-order valence-corrected chi connectivity index (χ0v) is 24.8. The Morgan fingerprint density at radius 1 is 1.02 bits per heavy atom. The van der Waals surface area contributed by atoms with Crippen LogP contribution < -0.4 is 15.2 Å². The van der Waals surface area contributed by atoms with Crippen LogP contribution in [0.2, 0.25) is 0 Å². The molecule has 8 nitrogen and oxygen atoms in total. The predicted molar refractivity (Wildman–Crippen MR) is 163 cm³/mol. The molecular formula is C32H38N6O2S. The smallest absolute Gasteiger partial charge is 0.263 e. The first kappa shape index (κ1) is 26.7. The van der Waals surface area contributed by atoms with Gasteiger partial charge in [0.25, 0.3) is 5.56 Å². The van der Waals surface area contributed by atoms with Crippen LogP contribution in [0.5, 0.6) is 0 Å². The maximum absolute atomic E-state index is 13.6. The van der Waals surface area contributed by atoms with Crippen LogP contribution in [0.4, 0.5) is 5.95 Å². The van der Waals surface area contributed by atoms with E-state index >= 15 is 0 Å². The summed E-state index contributed by atoms with van der Waals surface area (Å²) in [5.74, 6) is 0.580. The number of rotatable bonds is 5. The number of H-pyrrole nitrogens is 2. The number of nitrogens with zero attached hydrogens (tertiary/aromatic N) is 3. The van der Waals surface area contributed by atoms with E-state index in [0.717, 1.165) is 57.3 Å². The summed E-state index contributed by atoms with van der Waals surface area (Å²) in [6.45, 7) is 7.55. The average molecular weight is 571 g/mol. The first-order chi connectivity index (χ1) is 19.7. The molecule has 3 N–H and O–H groups in total. The molecule has 3 heterocycles. The molecule has 2 aromatic carbocycles. The highest BCUT2D eigenvalue weighted by Gasteiger charge is 2.50. The van der Waals surface area contributed by atoms with Crippen molar-refractivity contribution in [2.75, 3.05) is 18.0 Å². The molecule has 3 aliphatic rings. The van der Waals surface area contributed by atoms with Crippen LogP contribution in [0.1, 0.15) is 81.3 Å². The van der Waals surface area contributed by atoms with Crippen molar-refractivity contribution in [2.24, 2.45) is 5.41 Å². The van der Waals surface area contributed by atoms with Gasteiger partial charge < -0.3 is 9.45 Å². The molecule has 41 heavy (non-hydrogen) atoms. The highest BCUT2D eigenvalue weighted by molar-refractivity contribution is 7.90. The van der Waals surface area contributed by atoms with E-state index in [2.05, 4.69) is 73.3 Å². The molecule has 2 aromatic heterocycles. The Kier molecular flexibility index (Phi) is 6.33. The molecule has 9 heteroatoms. The van der Waals surface area contributed by atoms with Gasteiger partial charge in [-0.2, -0.15) is 10.1 Å². The van der Waals surface area contributed by atoms with E-state index in [1.54, 1.807) is 0 Å². The monoisotopic (exact) mass is 570 g/mol. The van der Waals surface area contributed by atoms with Crippen molar-refractivity contribution in [3.63, 3.8) is 0 Å². The maximum atomic E-state index is 13.6. The third kappa shape index (κ3) is 4.32. The second-order valence-corrected chi connectivity index (χ2v) is 15.1. The summed E-state index contributed by atoms with van der Waals surface area (Å²) >= 11 is -1.18. The standard InChI is InChI=1S/C32H38N6O2S/c1-30(2,3)41(40)37-25-23-13-8-7-10-21(23)20-31(25)16-18-38(19-17-31)29-33-27-24(28(39)34-29)26(35-36-27)32(14-9-15-32)22-11-5-4-6-12-22/h4-8,10-13,25,37H,9,14-20H2,1-3H3,(H2,33,34,35,36,39)/t25-,41?/m1/s1. The number of hydrogen-bond acceptors (Lipinski definition) is 6. The van der Waals surface area contributed by atoms with E-state index in [1.807, 2.05) is 26.8 Å². The summed E-state index contributed by atoms with van der Waals surface area (Å²) in [5, 5.41) is 8.35. The van der Waals surface area contributed by atoms with Crippen molar-refractivity contribution < 1.29 is 4.55 Å². The van der Waals surface area contributed by atoms with Crippen LogP contribution in [-0.4, -0.2) is 42.6 Å². The zero-order chi connectivity index (χ0) is 28.4. The van der Waals surface area contributed by atoms with Gasteiger partial charge in [-0.15, -0.1) is 4.72 Å². The Morgan fingerprint density at radius 2 is 1.73 bits per heavy atom. The molecule has 214 valence electrons. The molecule has 4 aromatic rings. The van der Waals surface area contributed by atoms with Crippen LogP contribution in [-0.2, 0) is 23.2 Å². The summed E-state index contributed by atoms with van der Waals surface area (Å²) in [4.78, 5) is 23.7. The molecule has 1 saturated heterocycles.